The number of hydrogen-bond acceptors (Lipinski definition) is 4. The molecule has 0 aliphatic carbocycles. The van der Waals surface area contributed by atoms with Crippen LogP contribution in [0.15, 0.2) is 118 Å². The van der Waals surface area contributed by atoms with Gasteiger partial charge in [-0.3, -0.25) is 4.98 Å². The van der Waals surface area contributed by atoms with Gasteiger partial charge in [0.15, 0.2) is 0 Å². The standard InChI is InChI=1S/C7H4ClNS2.C6H6S.2C6H5.Sn/c8-4-1-2-6-5(3-4)9-7(10)11-6;7-6-4-2-1-3-5-6;2*1-2-4-6-5-3-1;/h1-3H,(H,9,10);1-5,7H;2*1-5H;/q;;;;+2/p-2. The summed E-state index contributed by atoms with van der Waals surface area (Å²) in [6.07, 6.45) is 0. The first kappa shape index (κ1) is 24.0. The van der Waals surface area contributed by atoms with Crippen LogP contribution in [0.25, 0.3) is 10.2 Å². The molecule has 1 aromatic heterocycles. The van der Waals surface area contributed by atoms with Gasteiger partial charge in [-0.2, -0.15) is 4.90 Å². The average Bonchev–Trinajstić information content (AvgIpc) is 3.16. The molecule has 1 nitrogen and oxygen atoms in total. The van der Waals surface area contributed by atoms with E-state index in [0.29, 0.717) is 9.36 Å². The SMILES string of the molecule is [S-]c1ccccc1.[S-]c1nc2cc(Cl)ccc2s1.c1cc[c]([Sn+2][c]2ccccc2)cc1. The van der Waals surface area contributed by atoms with Crippen LogP contribution in [0.2, 0.25) is 5.02 Å². The molecule has 0 aliphatic heterocycles. The van der Waals surface area contributed by atoms with Crippen molar-refractivity contribution < 1.29 is 0 Å². The van der Waals surface area contributed by atoms with Crippen LogP contribution in [0, 0.1) is 0 Å². The summed E-state index contributed by atoms with van der Waals surface area (Å²) in [5, 5.41) is 0.706. The monoisotopic (exact) mass is 583 g/mol. The van der Waals surface area contributed by atoms with E-state index in [2.05, 4.69) is 65.6 Å². The van der Waals surface area contributed by atoms with E-state index in [1.807, 2.05) is 48.5 Å². The van der Waals surface area contributed by atoms with E-state index in [1.54, 1.807) is 0 Å². The first-order valence-corrected chi connectivity index (χ1v) is 14.3. The van der Waals surface area contributed by atoms with Crippen LogP contribution in [0.1, 0.15) is 0 Å². The Kier molecular flexibility index (Phi) is 10.0. The number of hydrogen-bond donors (Lipinski definition) is 0. The summed E-state index contributed by atoms with van der Waals surface area (Å²) in [5.74, 6) is 0. The molecule has 152 valence electrons. The second-order valence-corrected chi connectivity index (χ2v) is 12.9. The average molecular weight is 583 g/mol. The van der Waals surface area contributed by atoms with Gasteiger partial charge in [-0.1, -0.05) is 48.0 Å². The first-order chi connectivity index (χ1) is 15.1. The molecule has 0 unspecified atom stereocenters. The molecular weight excluding hydrogens is 565 g/mol. The second kappa shape index (κ2) is 13.0. The maximum absolute atomic E-state index is 5.76. The summed E-state index contributed by atoms with van der Waals surface area (Å²) >= 11 is 16.5. The molecule has 1 heterocycles. The van der Waals surface area contributed by atoms with E-state index in [9.17, 15) is 0 Å². The van der Waals surface area contributed by atoms with Crippen LogP contribution in [0.3, 0.4) is 0 Å². The molecule has 4 aromatic carbocycles. The zero-order chi connectivity index (χ0) is 21.9. The Morgan fingerprint density at radius 3 is 1.68 bits per heavy atom. The fraction of sp³-hybridized carbons (Fsp3) is 0. The fourth-order valence-electron chi connectivity index (χ4n) is 2.51. The number of fused-ring (bicyclic) bond motifs is 1. The van der Waals surface area contributed by atoms with Gasteiger partial charge in [-0.05, 0) is 21.2 Å². The maximum atomic E-state index is 5.76. The summed E-state index contributed by atoms with van der Waals surface area (Å²) in [6, 6.07) is 36.8. The van der Waals surface area contributed by atoms with Crippen LogP contribution in [-0.2, 0) is 25.3 Å². The van der Waals surface area contributed by atoms with Crippen molar-refractivity contribution >= 4 is 86.7 Å². The van der Waals surface area contributed by atoms with Crippen molar-refractivity contribution in [3.63, 3.8) is 0 Å². The Labute approximate surface area is 213 Å². The van der Waals surface area contributed by atoms with E-state index in [4.69, 9.17) is 36.9 Å². The molecule has 0 saturated heterocycles. The van der Waals surface area contributed by atoms with Gasteiger partial charge in [0.25, 0.3) is 0 Å². The number of nitrogens with zero attached hydrogens (tertiary/aromatic N) is 1. The molecule has 0 radical (unpaired) electrons. The third-order valence-corrected chi connectivity index (χ3v) is 9.14. The van der Waals surface area contributed by atoms with Gasteiger partial charge < -0.3 is 36.6 Å². The quantitative estimate of drug-likeness (QED) is 0.193. The van der Waals surface area contributed by atoms with Crippen molar-refractivity contribution in [2.24, 2.45) is 0 Å². The van der Waals surface area contributed by atoms with Crippen molar-refractivity contribution in [3.05, 3.63) is 114 Å². The van der Waals surface area contributed by atoms with E-state index < -0.39 is 21.1 Å². The number of aromatic nitrogens is 1. The molecule has 0 saturated carbocycles. The summed E-state index contributed by atoms with van der Waals surface area (Å²) in [4.78, 5) is 5.03. The van der Waals surface area contributed by atoms with Gasteiger partial charge in [0.1, 0.15) is 0 Å². The zero-order valence-corrected chi connectivity index (χ0v) is 22.5. The Morgan fingerprint density at radius 1 is 0.677 bits per heavy atom. The predicted octanol–water partition coefficient (Wildman–Crippen LogP) is 5.79. The molecule has 5 aromatic rings. The number of halogens is 1. The Balaban J connectivity index is 0.000000138. The molecule has 0 fully saturated rings. The van der Waals surface area contributed by atoms with E-state index in [1.165, 1.54) is 18.5 Å². The third-order valence-electron chi connectivity index (χ3n) is 3.91. The van der Waals surface area contributed by atoms with Gasteiger partial charge in [0.2, 0.25) is 0 Å². The molecular formula is C25H18ClNS3Sn. The minimum absolute atomic E-state index is 0.517. The van der Waals surface area contributed by atoms with Crippen LogP contribution in [0.5, 0.6) is 0 Å². The molecule has 0 bridgehead atoms. The molecule has 0 N–H and O–H groups in total. The molecule has 5 rings (SSSR count). The molecule has 0 amide bonds. The van der Waals surface area contributed by atoms with Crippen molar-refractivity contribution in [2.45, 2.75) is 9.24 Å². The van der Waals surface area contributed by atoms with Gasteiger partial charge >= 0.3 is 89.0 Å². The zero-order valence-electron chi connectivity index (χ0n) is 16.4. The summed E-state index contributed by atoms with van der Waals surface area (Å²) < 4.78 is 4.84. The molecule has 0 aliphatic rings. The van der Waals surface area contributed by atoms with Gasteiger partial charge in [-0.25, -0.2) is 0 Å². The van der Waals surface area contributed by atoms with Gasteiger partial charge in [0.05, 0.1) is 5.52 Å². The molecule has 0 spiro atoms. The van der Waals surface area contributed by atoms with Crippen LogP contribution in [-0.4, -0.2) is 26.1 Å². The van der Waals surface area contributed by atoms with E-state index >= 15 is 0 Å². The van der Waals surface area contributed by atoms with Crippen LogP contribution < -0.4 is 7.16 Å². The number of rotatable bonds is 2. The van der Waals surface area contributed by atoms with E-state index in [-0.39, 0.29) is 0 Å². The summed E-state index contributed by atoms with van der Waals surface area (Å²) in [5.41, 5.74) is 0.896. The van der Waals surface area contributed by atoms with Crippen molar-refractivity contribution in [3.8, 4) is 0 Å². The van der Waals surface area contributed by atoms with Crippen molar-refractivity contribution in [2.75, 3.05) is 0 Å². The summed E-state index contributed by atoms with van der Waals surface area (Å²) in [6.45, 7) is 0. The molecule has 6 heteroatoms. The number of thiazole rings is 1. The van der Waals surface area contributed by atoms with Crippen LogP contribution in [0.4, 0.5) is 0 Å². The number of benzene rings is 4. The molecule has 0 atom stereocenters. The molecule has 31 heavy (non-hydrogen) atoms. The predicted molar refractivity (Wildman–Crippen MR) is 140 cm³/mol. The van der Waals surface area contributed by atoms with Gasteiger partial charge in [-0.15, -0.1) is 0 Å². The first-order valence-electron chi connectivity index (χ1n) is 9.42. The Hall–Kier alpha value is -1.70. The van der Waals surface area contributed by atoms with Crippen molar-refractivity contribution in [1.29, 1.82) is 0 Å². The Bertz CT molecular complexity index is 1150. The van der Waals surface area contributed by atoms with Crippen LogP contribution >= 0.6 is 22.9 Å². The second-order valence-electron chi connectivity index (χ2n) is 6.26. The topological polar surface area (TPSA) is 12.9 Å². The summed E-state index contributed by atoms with van der Waals surface area (Å²) in [7, 11) is 0. The normalized spacial score (nSPS) is 9.58. The van der Waals surface area contributed by atoms with E-state index in [0.717, 1.165) is 15.1 Å². The van der Waals surface area contributed by atoms with Crippen molar-refractivity contribution in [1.82, 2.24) is 4.98 Å². The third kappa shape index (κ3) is 8.75. The minimum atomic E-state index is -0.517. The fourth-order valence-corrected chi connectivity index (χ4v) is 6.88. The van der Waals surface area contributed by atoms with Gasteiger partial charge in [0, 0.05) is 5.02 Å². The Morgan fingerprint density at radius 2 is 1.19 bits per heavy atom.